The quantitative estimate of drug-likeness (QED) is 0.851. The highest BCUT2D eigenvalue weighted by atomic mass is 16.5. The predicted octanol–water partition coefficient (Wildman–Crippen LogP) is 3.02. The van der Waals surface area contributed by atoms with Crippen LogP contribution in [-0.2, 0) is 13.5 Å². The smallest absolute Gasteiger partial charge is 0.122 e. The molecule has 21 heavy (non-hydrogen) atoms. The van der Waals surface area contributed by atoms with Crippen LogP contribution in [0.25, 0.3) is 0 Å². The topological polar surface area (TPSA) is 39.1 Å². The summed E-state index contributed by atoms with van der Waals surface area (Å²) in [4.78, 5) is 0. The molecule has 0 fully saturated rings. The molecule has 4 heteroatoms. The van der Waals surface area contributed by atoms with Gasteiger partial charge >= 0.3 is 0 Å². The normalized spacial score (nSPS) is 12.4. The standard InChI is InChI=1S/C17H25N3O/c1-5-18-16(9-8-15-10-11-19-20(15)3)14-7-6-13(2)17(12-14)21-4/h6-7,10-12,16,18H,5,8-9H2,1-4H3. The fraction of sp³-hybridized carbons (Fsp3) is 0.471. The molecule has 0 saturated carbocycles. The van der Waals surface area contributed by atoms with Crippen molar-refractivity contribution in [3.05, 3.63) is 47.3 Å². The van der Waals surface area contributed by atoms with Crippen molar-refractivity contribution >= 4 is 0 Å². The van der Waals surface area contributed by atoms with Crippen molar-refractivity contribution < 1.29 is 4.74 Å². The SMILES string of the molecule is CCNC(CCc1ccnn1C)c1ccc(C)c(OC)c1. The third kappa shape index (κ3) is 3.85. The summed E-state index contributed by atoms with van der Waals surface area (Å²) in [7, 11) is 3.72. The number of aromatic nitrogens is 2. The van der Waals surface area contributed by atoms with Crippen LogP contribution in [0.3, 0.4) is 0 Å². The molecule has 0 amide bonds. The zero-order valence-electron chi connectivity index (χ0n) is 13.4. The number of aryl methyl sites for hydroxylation is 3. The van der Waals surface area contributed by atoms with Crippen LogP contribution in [0.1, 0.15) is 36.2 Å². The van der Waals surface area contributed by atoms with E-state index in [2.05, 4.69) is 48.5 Å². The maximum Gasteiger partial charge on any atom is 0.122 e. The third-order valence-electron chi connectivity index (χ3n) is 3.90. The molecule has 0 bridgehead atoms. The van der Waals surface area contributed by atoms with Crippen molar-refractivity contribution in [3.8, 4) is 5.75 Å². The summed E-state index contributed by atoms with van der Waals surface area (Å²) in [5.41, 5.74) is 3.71. The van der Waals surface area contributed by atoms with E-state index in [1.165, 1.54) is 16.8 Å². The Labute approximate surface area is 127 Å². The third-order valence-corrected chi connectivity index (χ3v) is 3.90. The van der Waals surface area contributed by atoms with Gasteiger partial charge in [-0.2, -0.15) is 5.10 Å². The number of hydrogen-bond donors (Lipinski definition) is 1. The number of benzene rings is 1. The van der Waals surface area contributed by atoms with E-state index in [1.807, 2.05) is 17.9 Å². The highest BCUT2D eigenvalue weighted by Crippen LogP contribution is 2.26. The van der Waals surface area contributed by atoms with Crippen LogP contribution in [0.2, 0.25) is 0 Å². The van der Waals surface area contributed by atoms with Gasteiger partial charge in [0.1, 0.15) is 5.75 Å². The van der Waals surface area contributed by atoms with Crippen LogP contribution >= 0.6 is 0 Å². The van der Waals surface area contributed by atoms with Crippen molar-refractivity contribution in [2.75, 3.05) is 13.7 Å². The maximum atomic E-state index is 5.44. The molecule has 0 radical (unpaired) electrons. The number of nitrogens with one attached hydrogen (secondary N) is 1. The van der Waals surface area contributed by atoms with Gasteiger partial charge < -0.3 is 10.1 Å². The van der Waals surface area contributed by atoms with E-state index in [0.29, 0.717) is 6.04 Å². The Hall–Kier alpha value is -1.81. The van der Waals surface area contributed by atoms with Crippen molar-refractivity contribution in [2.45, 2.75) is 32.7 Å². The minimum absolute atomic E-state index is 0.333. The number of hydrogen-bond acceptors (Lipinski definition) is 3. The summed E-state index contributed by atoms with van der Waals surface area (Å²) in [6, 6.07) is 8.88. The van der Waals surface area contributed by atoms with Crippen molar-refractivity contribution in [3.63, 3.8) is 0 Å². The lowest BCUT2D eigenvalue weighted by atomic mass is 9.99. The van der Waals surface area contributed by atoms with Gasteiger partial charge in [-0.05, 0) is 49.6 Å². The molecular weight excluding hydrogens is 262 g/mol. The first kappa shape index (κ1) is 15.6. The molecule has 1 heterocycles. The lowest BCUT2D eigenvalue weighted by Gasteiger charge is -2.19. The molecule has 114 valence electrons. The molecule has 0 aliphatic heterocycles. The zero-order chi connectivity index (χ0) is 15.2. The molecule has 1 N–H and O–H groups in total. The Morgan fingerprint density at radius 3 is 2.76 bits per heavy atom. The van der Waals surface area contributed by atoms with Crippen molar-refractivity contribution in [1.82, 2.24) is 15.1 Å². The largest absolute Gasteiger partial charge is 0.496 e. The van der Waals surface area contributed by atoms with E-state index in [9.17, 15) is 0 Å². The Morgan fingerprint density at radius 1 is 1.33 bits per heavy atom. The van der Waals surface area contributed by atoms with Gasteiger partial charge in [0.25, 0.3) is 0 Å². The molecule has 0 aliphatic carbocycles. The number of ether oxygens (including phenoxy) is 1. The molecule has 1 aromatic heterocycles. The summed E-state index contributed by atoms with van der Waals surface area (Å²) >= 11 is 0. The van der Waals surface area contributed by atoms with Crippen LogP contribution in [0.15, 0.2) is 30.5 Å². The van der Waals surface area contributed by atoms with Crippen molar-refractivity contribution in [2.24, 2.45) is 7.05 Å². The van der Waals surface area contributed by atoms with Crippen LogP contribution in [0, 0.1) is 6.92 Å². The summed E-state index contributed by atoms with van der Waals surface area (Å²) in [6.07, 6.45) is 3.90. The Kier molecular flexibility index (Phi) is 5.39. The Balaban J connectivity index is 2.12. The lowest BCUT2D eigenvalue weighted by Crippen LogP contribution is -2.22. The van der Waals surface area contributed by atoms with Crippen LogP contribution in [-0.4, -0.2) is 23.4 Å². The number of rotatable bonds is 7. The highest BCUT2D eigenvalue weighted by Gasteiger charge is 2.13. The molecule has 1 atom stereocenters. The number of methoxy groups -OCH3 is 1. The van der Waals surface area contributed by atoms with Gasteiger partial charge in [0.2, 0.25) is 0 Å². The number of nitrogens with zero attached hydrogens (tertiary/aromatic N) is 2. The van der Waals surface area contributed by atoms with Gasteiger partial charge in [-0.15, -0.1) is 0 Å². The highest BCUT2D eigenvalue weighted by molar-refractivity contribution is 5.37. The maximum absolute atomic E-state index is 5.44. The predicted molar refractivity (Wildman–Crippen MR) is 85.7 cm³/mol. The second kappa shape index (κ2) is 7.27. The fourth-order valence-corrected chi connectivity index (χ4v) is 2.63. The molecule has 2 aromatic rings. The second-order valence-corrected chi connectivity index (χ2v) is 5.32. The van der Waals surface area contributed by atoms with E-state index in [1.54, 1.807) is 7.11 Å². The van der Waals surface area contributed by atoms with Crippen LogP contribution in [0.5, 0.6) is 5.75 Å². The van der Waals surface area contributed by atoms with Gasteiger partial charge in [-0.25, -0.2) is 0 Å². The summed E-state index contributed by atoms with van der Waals surface area (Å²) in [6.45, 7) is 5.16. The average molecular weight is 287 g/mol. The molecule has 0 aliphatic rings. The minimum Gasteiger partial charge on any atom is -0.496 e. The molecule has 0 spiro atoms. The Morgan fingerprint density at radius 2 is 2.14 bits per heavy atom. The van der Waals surface area contributed by atoms with E-state index in [-0.39, 0.29) is 0 Å². The molecular formula is C17H25N3O. The molecule has 4 nitrogen and oxygen atoms in total. The molecule has 1 aromatic carbocycles. The molecule has 1 unspecified atom stereocenters. The van der Waals surface area contributed by atoms with Crippen LogP contribution in [0.4, 0.5) is 0 Å². The van der Waals surface area contributed by atoms with Gasteiger partial charge in [0.05, 0.1) is 7.11 Å². The summed E-state index contributed by atoms with van der Waals surface area (Å²) < 4.78 is 7.38. The minimum atomic E-state index is 0.333. The van der Waals surface area contributed by atoms with E-state index in [0.717, 1.165) is 25.1 Å². The van der Waals surface area contributed by atoms with Crippen molar-refractivity contribution in [1.29, 1.82) is 0 Å². The first-order valence-corrected chi connectivity index (χ1v) is 7.50. The molecule has 0 saturated heterocycles. The van der Waals surface area contributed by atoms with Crippen LogP contribution < -0.4 is 10.1 Å². The van der Waals surface area contributed by atoms with Gasteiger partial charge in [-0.1, -0.05) is 19.1 Å². The second-order valence-electron chi connectivity index (χ2n) is 5.32. The average Bonchev–Trinajstić information content (AvgIpc) is 2.89. The van der Waals surface area contributed by atoms with Gasteiger partial charge in [-0.3, -0.25) is 4.68 Å². The zero-order valence-corrected chi connectivity index (χ0v) is 13.4. The van der Waals surface area contributed by atoms with E-state index in [4.69, 9.17) is 4.74 Å². The van der Waals surface area contributed by atoms with Gasteiger partial charge in [0.15, 0.2) is 0 Å². The Bertz CT molecular complexity index is 577. The van der Waals surface area contributed by atoms with E-state index < -0.39 is 0 Å². The lowest BCUT2D eigenvalue weighted by molar-refractivity contribution is 0.409. The first-order valence-electron chi connectivity index (χ1n) is 7.50. The fourth-order valence-electron chi connectivity index (χ4n) is 2.63. The summed E-state index contributed by atoms with van der Waals surface area (Å²) in [5.74, 6) is 0.955. The molecule has 2 rings (SSSR count). The monoisotopic (exact) mass is 287 g/mol. The van der Waals surface area contributed by atoms with E-state index >= 15 is 0 Å². The summed E-state index contributed by atoms with van der Waals surface area (Å²) in [5, 5.41) is 7.79. The van der Waals surface area contributed by atoms with Gasteiger partial charge in [0, 0.05) is 25.0 Å². The first-order chi connectivity index (χ1) is 10.2.